The van der Waals surface area contributed by atoms with Crippen LogP contribution >= 0.6 is 23.2 Å². The number of rotatable bonds is 8. The molecule has 2 N–H and O–H groups in total. The highest BCUT2D eigenvalue weighted by molar-refractivity contribution is 6.36. The first kappa shape index (κ1) is 28.9. The molecular weight excluding hydrogens is 586 g/mol. The van der Waals surface area contributed by atoms with Crippen molar-refractivity contribution in [1.82, 2.24) is 24.9 Å². The molecule has 1 aliphatic heterocycles. The molecule has 1 atom stereocenters. The summed E-state index contributed by atoms with van der Waals surface area (Å²) in [6.07, 6.45) is 5.55. The Balaban J connectivity index is 1.37. The van der Waals surface area contributed by atoms with Gasteiger partial charge in [0.1, 0.15) is 17.6 Å². The molecule has 3 aromatic carbocycles. The largest absolute Gasteiger partial charge is 0.373 e. The first-order valence-corrected chi connectivity index (χ1v) is 14.9. The van der Waals surface area contributed by atoms with Gasteiger partial charge in [-0.05, 0) is 55.3 Å². The minimum atomic E-state index is -0.530. The van der Waals surface area contributed by atoms with Crippen molar-refractivity contribution in [2.24, 2.45) is 0 Å². The van der Waals surface area contributed by atoms with E-state index in [1.54, 1.807) is 6.07 Å². The molecule has 218 valence electrons. The molecule has 1 unspecified atom stereocenters. The number of nitrogens with one attached hydrogen (secondary N) is 2. The van der Waals surface area contributed by atoms with Gasteiger partial charge in [0.2, 0.25) is 0 Å². The van der Waals surface area contributed by atoms with E-state index in [1.807, 2.05) is 53.3 Å². The maximum absolute atomic E-state index is 13.8. The zero-order valence-electron chi connectivity index (χ0n) is 23.4. The van der Waals surface area contributed by atoms with Gasteiger partial charge in [-0.25, -0.2) is 9.07 Å². The first-order valence-electron chi connectivity index (χ1n) is 14.1. The zero-order valence-corrected chi connectivity index (χ0v) is 24.9. The third kappa shape index (κ3) is 6.13. The molecule has 5 aromatic rings. The van der Waals surface area contributed by atoms with Crippen molar-refractivity contribution >= 4 is 51.2 Å². The number of nitriles is 1. The van der Waals surface area contributed by atoms with Crippen LogP contribution in [0.3, 0.4) is 0 Å². The molecule has 0 saturated carbocycles. The lowest BCUT2D eigenvalue weighted by atomic mass is 10.0. The molecule has 0 aliphatic carbocycles. The lowest BCUT2D eigenvalue weighted by Crippen LogP contribution is -2.34. The fraction of sp³-hybridized carbons (Fsp3) is 0.250. The molecule has 3 heterocycles. The summed E-state index contributed by atoms with van der Waals surface area (Å²) in [4.78, 5) is 6.90. The Labute approximate surface area is 259 Å². The molecule has 1 fully saturated rings. The molecule has 43 heavy (non-hydrogen) atoms. The highest BCUT2D eigenvalue weighted by Crippen LogP contribution is 2.37. The second-order valence-corrected chi connectivity index (χ2v) is 11.4. The fourth-order valence-corrected chi connectivity index (χ4v) is 5.97. The Bertz CT molecular complexity index is 1800. The van der Waals surface area contributed by atoms with E-state index in [0.29, 0.717) is 44.6 Å². The normalized spacial score (nSPS) is 14.9. The van der Waals surface area contributed by atoms with E-state index < -0.39 is 5.82 Å². The number of likely N-dealkylation sites (tertiary alicyclic amines) is 1. The Hall–Kier alpha value is -4.23. The molecule has 0 radical (unpaired) electrons. The van der Waals surface area contributed by atoms with Crippen molar-refractivity contribution in [2.45, 2.75) is 31.8 Å². The Morgan fingerprint density at radius 3 is 2.53 bits per heavy atom. The van der Waals surface area contributed by atoms with E-state index in [9.17, 15) is 9.65 Å². The molecular formula is C32H29Cl2FN8. The number of pyridine rings is 1. The van der Waals surface area contributed by atoms with Crippen LogP contribution in [0.2, 0.25) is 10.0 Å². The number of aromatic nitrogens is 4. The summed E-state index contributed by atoms with van der Waals surface area (Å²) < 4.78 is 15.8. The van der Waals surface area contributed by atoms with Crippen LogP contribution in [-0.2, 0) is 0 Å². The number of nitrogens with zero attached hydrogens (tertiary/aromatic N) is 6. The van der Waals surface area contributed by atoms with Gasteiger partial charge in [0.05, 0.1) is 45.1 Å². The average molecular weight is 616 g/mol. The van der Waals surface area contributed by atoms with Gasteiger partial charge in [-0.2, -0.15) is 5.26 Å². The molecule has 1 aliphatic rings. The van der Waals surface area contributed by atoms with E-state index in [2.05, 4.69) is 43.8 Å². The predicted octanol–water partition coefficient (Wildman–Crippen LogP) is 7.75. The third-order valence-corrected chi connectivity index (χ3v) is 8.46. The van der Waals surface area contributed by atoms with Gasteiger partial charge in [-0.3, -0.25) is 4.98 Å². The van der Waals surface area contributed by atoms with Crippen molar-refractivity contribution in [3.05, 3.63) is 106 Å². The molecule has 0 bridgehead atoms. The van der Waals surface area contributed by atoms with Crippen molar-refractivity contribution in [2.75, 3.05) is 30.3 Å². The van der Waals surface area contributed by atoms with Gasteiger partial charge in [0, 0.05) is 36.0 Å². The summed E-state index contributed by atoms with van der Waals surface area (Å²) in [5.41, 5.74) is 4.32. The smallest absolute Gasteiger partial charge is 0.141 e. The summed E-state index contributed by atoms with van der Waals surface area (Å²) in [6.45, 7) is 5.35. The minimum Gasteiger partial charge on any atom is -0.373 e. The van der Waals surface area contributed by atoms with E-state index >= 15 is 0 Å². The van der Waals surface area contributed by atoms with Crippen LogP contribution in [-0.4, -0.2) is 44.5 Å². The minimum absolute atomic E-state index is 0.0306. The number of benzene rings is 3. The summed E-state index contributed by atoms with van der Waals surface area (Å²) in [5.74, 6) is -0.530. The molecule has 0 spiro atoms. The predicted molar refractivity (Wildman–Crippen MR) is 168 cm³/mol. The van der Waals surface area contributed by atoms with Gasteiger partial charge in [-0.15, -0.1) is 5.10 Å². The third-order valence-electron chi connectivity index (χ3n) is 7.88. The second kappa shape index (κ2) is 12.6. The quantitative estimate of drug-likeness (QED) is 0.184. The van der Waals surface area contributed by atoms with Gasteiger partial charge < -0.3 is 15.5 Å². The van der Waals surface area contributed by atoms with E-state index in [0.717, 1.165) is 43.7 Å². The number of anilines is 3. The Kier molecular flexibility index (Phi) is 8.43. The summed E-state index contributed by atoms with van der Waals surface area (Å²) in [7, 11) is 0. The number of piperidine rings is 1. The van der Waals surface area contributed by atoms with Crippen molar-refractivity contribution < 1.29 is 4.39 Å². The fourth-order valence-electron chi connectivity index (χ4n) is 5.52. The van der Waals surface area contributed by atoms with Crippen LogP contribution in [0.1, 0.15) is 48.7 Å². The van der Waals surface area contributed by atoms with Crippen molar-refractivity contribution in [3.63, 3.8) is 0 Å². The summed E-state index contributed by atoms with van der Waals surface area (Å²) in [5, 5.41) is 26.8. The van der Waals surface area contributed by atoms with Crippen LogP contribution in [0.5, 0.6) is 0 Å². The highest BCUT2D eigenvalue weighted by Gasteiger charge is 2.24. The lowest BCUT2D eigenvalue weighted by Gasteiger charge is -2.30. The molecule has 8 nitrogen and oxygen atoms in total. The molecule has 2 aromatic heterocycles. The summed E-state index contributed by atoms with van der Waals surface area (Å²) >= 11 is 12.8. The van der Waals surface area contributed by atoms with Crippen LogP contribution in [0.25, 0.3) is 10.9 Å². The maximum Gasteiger partial charge on any atom is 0.141 e. The van der Waals surface area contributed by atoms with E-state index in [4.69, 9.17) is 23.2 Å². The van der Waals surface area contributed by atoms with Crippen molar-refractivity contribution in [3.8, 4) is 6.07 Å². The van der Waals surface area contributed by atoms with Crippen LogP contribution < -0.4 is 10.6 Å². The van der Waals surface area contributed by atoms with E-state index in [1.165, 1.54) is 18.3 Å². The van der Waals surface area contributed by atoms with Gasteiger partial charge in [-0.1, -0.05) is 65.7 Å². The Morgan fingerprint density at radius 2 is 1.81 bits per heavy atom. The van der Waals surface area contributed by atoms with Crippen LogP contribution in [0.15, 0.2) is 73.1 Å². The van der Waals surface area contributed by atoms with Gasteiger partial charge in [0.25, 0.3) is 0 Å². The number of fused-ring (bicyclic) bond motifs is 1. The lowest BCUT2D eigenvalue weighted by molar-refractivity contribution is 0.186. The van der Waals surface area contributed by atoms with Gasteiger partial charge >= 0.3 is 0 Å². The topological polar surface area (TPSA) is 94.7 Å². The number of hydrogen-bond acceptors (Lipinski definition) is 7. The zero-order chi connectivity index (χ0) is 29.9. The molecule has 1 saturated heterocycles. The first-order chi connectivity index (χ1) is 20.9. The molecule has 6 rings (SSSR count). The average Bonchev–Trinajstić information content (AvgIpc) is 3.52. The van der Waals surface area contributed by atoms with Gasteiger partial charge in [0.15, 0.2) is 0 Å². The number of hydrogen-bond donors (Lipinski definition) is 2. The molecule has 11 heteroatoms. The van der Waals surface area contributed by atoms with Crippen LogP contribution in [0, 0.1) is 17.1 Å². The SMILES string of the molecule is CCN1CCC(n2cc(C(Nc3cc(Cl)c4ncc(C#N)c(Nc5ccc(F)c(Cl)c5)c4c3)c3ccccc3)nn2)CC1. The van der Waals surface area contributed by atoms with Crippen molar-refractivity contribution in [1.29, 1.82) is 5.26 Å². The van der Waals surface area contributed by atoms with Crippen LogP contribution in [0.4, 0.5) is 21.5 Å². The Morgan fingerprint density at radius 1 is 1.05 bits per heavy atom. The van der Waals surface area contributed by atoms with E-state index in [-0.39, 0.29) is 11.1 Å². The highest BCUT2D eigenvalue weighted by atomic mass is 35.5. The molecule has 0 amide bonds. The maximum atomic E-state index is 13.8. The second-order valence-electron chi connectivity index (χ2n) is 10.5. The monoisotopic (exact) mass is 614 g/mol. The summed E-state index contributed by atoms with van der Waals surface area (Å²) in [6, 6.07) is 20.2. The standard InChI is InChI=1S/C32H29Cl2FN8/c1-2-42-12-10-24(11-13-42)43-19-29(40-41-43)31(20-6-4-3-5-7-20)39-23-14-25-30(38-22-8-9-28(35)26(33)15-22)21(17-36)18-37-32(25)27(34)16-23/h3-9,14-16,18-19,24,31,39H,2,10-13H2,1H3,(H,37,38). The number of halogens is 3.